The molecule has 0 saturated carbocycles. The van der Waals surface area contributed by atoms with Gasteiger partial charge >= 0.3 is 0 Å². The first-order chi connectivity index (χ1) is 8.67. The lowest BCUT2D eigenvalue weighted by molar-refractivity contribution is -0.0781. The maximum absolute atomic E-state index is 5.89. The third-order valence-electron chi connectivity index (χ3n) is 4.11. The molecule has 2 heterocycles. The molecule has 3 heteroatoms. The highest BCUT2D eigenvalue weighted by Gasteiger charge is 2.31. The lowest BCUT2D eigenvalue weighted by Crippen LogP contribution is -2.44. The van der Waals surface area contributed by atoms with E-state index in [1.807, 2.05) is 11.3 Å². The van der Waals surface area contributed by atoms with Crippen LogP contribution in [0, 0.1) is 0 Å². The minimum Gasteiger partial charge on any atom is -0.375 e. The Hall–Kier alpha value is -0.380. The van der Waals surface area contributed by atoms with Gasteiger partial charge in [-0.1, -0.05) is 13.8 Å². The molecule has 0 bridgehead atoms. The molecule has 0 amide bonds. The first-order valence-corrected chi connectivity index (χ1v) is 7.97. The molecule has 1 N–H and O–H groups in total. The number of hydrogen-bond acceptors (Lipinski definition) is 3. The topological polar surface area (TPSA) is 21.3 Å². The van der Waals surface area contributed by atoms with Crippen LogP contribution < -0.4 is 5.32 Å². The molecular formula is C15H25NOS. The van der Waals surface area contributed by atoms with E-state index >= 15 is 0 Å². The van der Waals surface area contributed by atoms with E-state index in [-0.39, 0.29) is 5.60 Å². The molecule has 2 atom stereocenters. The Balaban J connectivity index is 1.87. The van der Waals surface area contributed by atoms with Crippen molar-refractivity contribution in [1.29, 1.82) is 0 Å². The summed E-state index contributed by atoms with van der Waals surface area (Å²) in [4.78, 5) is 1.50. The summed E-state index contributed by atoms with van der Waals surface area (Å²) in [5.74, 6) is 0. The summed E-state index contributed by atoms with van der Waals surface area (Å²) in [5, 5.41) is 5.92. The molecule has 102 valence electrons. The van der Waals surface area contributed by atoms with Crippen molar-refractivity contribution in [3.8, 4) is 0 Å². The van der Waals surface area contributed by atoms with Gasteiger partial charge in [-0.3, -0.25) is 0 Å². The highest BCUT2D eigenvalue weighted by Crippen LogP contribution is 2.28. The standard InChI is InChI=1S/C15H25NOS/c1-4-12-7-9-18-14(12)11-16-13-6-8-17-15(3,5-2)10-13/h7,9,13,16H,4-6,8,10-11H2,1-3H3. The summed E-state index contributed by atoms with van der Waals surface area (Å²) < 4.78 is 5.89. The second-order valence-corrected chi connectivity index (χ2v) is 6.45. The third-order valence-corrected chi connectivity index (χ3v) is 5.08. The van der Waals surface area contributed by atoms with Gasteiger partial charge in [0, 0.05) is 24.1 Å². The molecule has 1 aliphatic heterocycles. The van der Waals surface area contributed by atoms with Gasteiger partial charge in [0.25, 0.3) is 0 Å². The van der Waals surface area contributed by atoms with Crippen molar-refractivity contribution in [2.45, 2.75) is 64.6 Å². The Morgan fingerprint density at radius 3 is 3.06 bits per heavy atom. The monoisotopic (exact) mass is 267 g/mol. The van der Waals surface area contributed by atoms with Crippen LogP contribution in [0.3, 0.4) is 0 Å². The van der Waals surface area contributed by atoms with Gasteiger partial charge in [-0.2, -0.15) is 0 Å². The molecule has 2 unspecified atom stereocenters. The molecule has 0 spiro atoms. The molecular weight excluding hydrogens is 242 g/mol. The molecule has 1 saturated heterocycles. The van der Waals surface area contributed by atoms with Crippen LogP contribution in [0.1, 0.15) is 50.5 Å². The molecule has 1 aromatic rings. The van der Waals surface area contributed by atoms with Gasteiger partial charge in [0.15, 0.2) is 0 Å². The number of nitrogens with one attached hydrogen (secondary N) is 1. The van der Waals surface area contributed by atoms with Crippen LogP contribution in [0.5, 0.6) is 0 Å². The Kier molecular flexibility index (Phi) is 4.82. The number of aryl methyl sites for hydroxylation is 1. The van der Waals surface area contributed by atoms with E-state index in [0.717, 1.165) is 38.8 Å². The van der Waals surface area contributed by atoms with E-state index in [2.05, 4.69) is 37.5 Å². The van der Waals surface area contributed by atoms with E-state index in [9.17, 15) is 0 Å². The van der Waals surface area contributed by atoms with Crippen molar-refractivity contribution in [1.82, 2.24) is 5.32 Å². The van der Waals surface area contributed by atoms with Crippen molar-refractivity contribution in [2.75, 3.05) is 6.61 Å². The Morgan fingerprint density at radius 2 is 2.33 bits per heavy atom. The number of rotatable bonds is 5. The average molecular weight is 267 g/mol. The van der Waals surface area contributed by atoms with E-state index in [1.54, 1.807) is 0 Å². The van der Waals surface area contributed by atoms with E-state index in [4.69, 9.17) is 4.74 Å². The van der Waals surface area contributed by atoms with Crippen molar-refractivity contribution in [3.63, 3.8) is 0 Å². The molecule has 2 rings (SSSR count). The minimum atomic E-state index is 0.0823. The fraction of sp³-hybridized carbons (Fsp3) is 0.733. The third kappa shape index (κ3) is 3.34. The lowest BCUT2D eigenvalue weighted by Gasteiger charge is -2.38. The van der Waals surface area contributed by atoms with Gasteiger partial charge in [-0.15, -0.1) is 11.3 Å². The Morgan fingerprint density at radius 1 is 1.50 bits per heavy atom. The van der Waals surface area contributed by atoms with Crippen LogP contribution in [-0.2, 0) is 17.7 Å². The predicted molar refractivity (Wildman–Crippen MR) is 78.2 cm³/mol. The van der Waals surface area contributed by atoms with Crippen molar-refractivity contribution in [2.24, 2.45) is 0 Å². The van der Waals surface area contributed by atoms with Crippen LogP contribution >= 0.6 is 11.3 Å². The highest BCUT2D eigenvalue weighted by molar-refractivity contribution is 7.10. The SMILES string of the molecule is CCc1ccsc1CNC1CCOC(C)(CC)C1. The Labute approximate surface area is 115 Å². The van der Waals surface area contributed by atoms with Gasteiger partial charge < -0.3 is 10.1 Å². The maximum atomic E-state index is 5.89. The Bertz CT molecular complexity index is 376. The fourth-order valence-corrected chi connectivity index (χ4v) is 3.55. The second kappa shape index (κ2) is 6.18. The van der Waals surface area contributed by atoms with Crippen LogP contribution in [-0.4, -0.2) is 18.2 Å². The number of thiophene rings is 1. The van der Waals surface area contributed by atoms with Gasteiger partial charge in [-0.25, -0.2) is 0 Å². The van der Waals surface area contributed by atoms with Gasteiger partial charge in [-0.05, 0) is 49.6 Å². The maximum Gasteiger partial charge on any atom is 0.0666 e. The van der Waals surface area contributed by atoms with Crippen molar-refractivity contribution in [3.05, 3.63) is 21.9 Å². The van der Waals surface area contributed by atoms with Crippen LogP contribution in [0.25, 0.3) is 0 Å². The molecule has 2 nitrogen and oxygen atoms in total. The smallest absolute Gasteiger partial charge is 0.0666 e. The summed E-state index contributed by atoms with van der Waals surface area (Å²) in [6, 6.07) is 2.86. The predicted octanol–water partition coefficient (Wildman–Crippen LogP) is 3.75. The zero-order chi connectivity index (χ0) is 13.0. The van der Waals surface area contributed by atoms with Gasteiger partial charge in [0.05, 0.1) is 5.60 Å². The summed E-state index contributed by atoms with van der Waals surface area (Å²) in [6.45, 7) is 8.60. The molecule has 18 heavy (non-hydrogen) atoms. The number of hydrogen-bond donors (Lipinski definition) is 1. The molecule has 1 aromatic heterocycles. The average Bonchev–Trinajstić information content (AvgIpc) is 2.84. The first kappa shape index (κ1) is 14.0. The molecule has 0 aromatic carbocycles. The molecule has 0 aliphatic carbocycles. The van der Waals surface area contributed by atoms with Crippen LogP contribution in [0.2, 0.25) is 0 Å². The first-order valence-electron chi connectivity index (χ1n) is 7.09. The van der Waals surface area contributed by atoms with E-state index in [1.165, 1.54) is 10.4 Å². The summed E-state index contributed by atoms with van der Waals surface area (Å²) >= 11 is 1.87. The lowest BCUT2D eigenvalue weighted by atomic mass is 9.90. The molecule has 1 aliphatic rings. The second-order valence-electron chi connectivity index (χ2n) is 5.45. The van der Waals surface area contributed by atoms with Gasteiger partial charge in [0.2, 0.25) is 0 Å². The van der Waals surface area contributed by atoms with Crippen LogP contribution in [0.4, 0.5) is 0 Å². The zero-order valence-electron chi connectivity index (χ0n) is 11.8. The van der Waals surface area contributed by atoms with Crippen LogP contribution in [0.15, 0.2) is 11.4 Å². The minimum absolute atomic E-state index is 0.0823. The zero-order valence-corrected chi connectivity index (χ0v) is 12.6. The molecule has 0 radical (unpaired) electrons. The van der Waals surface area contributed by atoms with Gasteiger partial charge in [0.1, 0.15) is 0 Å². The summed E-state index contributed by atoms with van der Waals surface area (Å²) in [5.41, 5.74) is 1.58. The quantitative estimate of drug-likeness (QED) is 0.877. The fourth-order valence-electron chi connectivity index (χ4n) is 2.62. The van der Waals surface area contributed by atoms with Crippen molar-refractivity contribution >= 4 is 11.3 Å². The van der Waals surface area contributed by atoms with Crippen molar-refractivity contribution < 1.29 is 4.74 Å². The number of ether oxygens (including phenoxy) is 1. The molecule has 1 fully saturated rings. The highest BCUT2D eigenvalue weighted by atomic mass is 32.1. The van der Waals surface area contributed by atoms with E-state index < -0.39 is 0 Å². The van der Waals surface area contributed by atoms with E-state index in [0.29, 0.717) is 6.04 Å². The summed E-state index contributed by atoms with van der Waals surface area (Å²) in [7, 11) is 0. The largest absolute Gasteiger partial charge is 0.375 e. The summed E-state index contributed by atoms with van der Waals surface area (Å²) in [6.07, 6.45) is 4.52. The normalized spacial score (nSPS) is 28.5.